The van der Waals surface area contributed by atoms with Crippen molar-refractivity contribution in [2.75, 3.05) is 0 Å². The zero-order valence-corrected chi connectivity index (χ0v) is 10.5. The number of hydrogen-bond donors (Lipinski definition) is 2. The van der Waals surface area contributed by atoms with Crippen LogP contribution in [0.25, 0.3) is 22.6 Å². The van der Waals surface area contributed by atoms with Gasteiger partial charge in [0.05, 0.1) is 23.2 Å². The number of furan rings is 1. The van der Waals surface area contributed by atoms with Gasteiger partial charge in [-0.1, -0.05) is 6.07 Å². The summed E-state index contributed by atoms with van der Waals surface area (Å²) in [6.07, 6.45) is 2.33. The van der Waals surface area contributed by atoms with Gasteiger partial charge in [-0.15, -0.1) is 0 Å². The molecule has 0 radical (unpaired) electrons. The number of aliphatic carboxylic acids is 1. The number of H-pyrrole nitrogens is 1. The number of rotatable bonds is 3. The summed E-state index contributed by atoms with van der Waals surface area (Å²) < 4.78 is 5.32. The number of fused-ring (bicyclic) bond motifs is 1. The van der Waals surface area contributed by atoms with Crippen molar-refractivity contribution in [3.63, 3.8) is 0 Å². The summed E-state index contributed by atoms with van der Waals surface area (Å²) in [5.41, 5.74) is 2.82. The van der Waals surface area contributed by atoms with E-state index in [1.54, 1.807) is 6.26 Å². The average Bonchev–Trinajstić information content (AvgIpc) is 2.87. The molecule has 5 heteroatoms. The Bertz CT molecular complexity index is 789. The lowest BCUT2D eigenvalue weighted by Crippen LogP contribution is -1.98. The van der Waals surface area contributed by atoms with E-state index in [0.717, 1.165) is 23.0 Å². The third-order valence-corrected chi connectivity index (χ3v) is 3.80. The van der Waals surface area contributed by atoms with Crippen LogP contribution in [0.15, 0.2) is 41.0 Å². The van der Waals surface area contributed by atoms with E-state index in [9.17, 15) is 4.79 Å². The van der Waals surface area contributed by atoms with E-state index in [-0.39, 0.29) is 11.8 Å². The van der Waals surface area contributed by atoms with Gasteiger partial charge in [0.25, 0.3) is 0 Å². The smallest absolute Gasteiger partial charge is 0.307 e. The predicted octanol–water partition coefficient (Wildman–Crippen LogP) is 3.01. The Kier molecular flexibility index (Phi) is 2.24. The summed E-state index contributed by atoms with van der Waals surface area (Å²) >= 11 is 0. The molecule has 0 amide bonds. The molecule has 0 aliphatic heterocycles. The van der Waals surface area contributed by atoms with Crippen LogP contribution in [0.2, 0.25) is 0 Å². The van der Waals surface area contributed by atoms with Crippen LogP contribution in [0, 0.1) is 5.92 Å². The van der Waals surface area contributed by atoms with Crippen molar-refractivity contribution in [1.82, 2.24) is 9.97 Å². The molecule has 3 aromatic rings. The second kappa shape index (κ2) is 3.96. The lowest BCUT2D eigenvalue weighted by Gasteiger charge is -1.98. The first-order chi connectivity index (χ1) is 9.72. The van der Waals surface area contributed by atoms with E-state index < -0.39 is 5.97 Å². The number of hydrogen-bond acceptors (Lipinski definition) is 3. The standard InChI is InChI=1S/C15H12N2O3/c18-15(19)10-7-9(10)8-3-4-11-12(6-8)17-14(16-11)13-2-1-5-20-13/h1-6,9-10H,7H2,(H,16,17)(H,18,19). The number of carboxylic acid groups (broad SMARTS) is 1. The van der Waals surface area contributed by atoms with Crippen molar-refractivity contribution in [1.29, 1.82) is 0 Å². The molecule has 2 aromatic heterocycles. The molecule has 1 aliphatic carbocycles. The molecule has 2 unspecified atom stereocenters. The van der Waals surface area contributed by atoms with E-state index >= 15 is 0 Å². The fourth-order valence-corrected chi connectivity index (χ4v) is 2.62. The second-order valence-corrected chi connectivity index (χ2v) is 5.13. The molecule has 0 saturated heterocycles. The van der Waals surface area contributed by atoms with E-state index in [1.165, 1.54) is 0 Å². The van der Waals surface area contributed by atoms with Crippen LogP contribution in [0.4, 0.5) is 0 Å². The first-order valence-corrected chi connectivity index (χ1v) is 6.49. The van der Waals surface area contributed by atoms with Gasteiger partial charge in [0, 0.05) is 0 Å². The first-order valence-electron chi connectivity index (χ1n) is 6.49. The van der Waals surface area contributed by atoms with Gasteiger partial charge in [0.2, 0.25) is 0 Å². The topological polar surface area (TPSA) is 79.1 Å². The van der Waals surface area contributed by atoms with Crippen LogP contribution in [0.3, 0.4) is 0 Å². The zero-order chi connectivity index (χ0) is 13.7. The van der Waals surface area contributed by atoms with Gasteiger partial charge in [0.15, 0.2) is 11.6 Å². The van der Waals surface area contributed by atoms with Crippen LogP contribution in [0.1, 0.15) is 17.9 Å². The molecule has 1 aliphatic rings. The van der Waals surface area contributed by atoms with Crippen molar-refractivity contribution in [2.45, 2.75) is 12.3 Å². The highest BCUT2D eigenvalue weighted by molar-refractivity contribution is 5.81. The third kappa shape index (κ3) is 1.71. The molecule has 5 nitrogen and oxygen atoms in total. The number of carboxylic acids is 1. The highest BCUT2D eigenvalue weighted by Crippen LogP contribution is 2.47. The minimum Gasteiger partial charge on any atom is -0.481 e. The number of aromatic amines is 1. The Labute approximate surface area is 114 Å². The average molecular weight is 268 g/mol. The molecule has 4 rings (SSSR count). The Morgan fingerprint density at radius 1 is 1.40 bits per heavy atom. The number of carbonyl (C=O) groups is 1. The third-order valence-electron chi connectivity index (χ3n) is 3.80. The van der Waals surface area contributed by atoms with Crippen LogP contribution < -0.4 is 0 Å². The number of nitrogens with zero attached hydrogens (tertiary/aromatic N) is 1. The van der Waals surface area contributed by atoms with Crippen LogP contribution in [-0.4, -0.2) is 21.0 Å². The van der Waals surface area contributed by atoms with E-state index in [1.807, 2.05) is 30.3 Å². The van der Waals surface area contributed by atoms with E-state index in [2.05, 4.69) is 9.97 Å². The normalized spacial score (nSPS) is 21.2. The fourth-order valence-electron chi connectivity index (χ4n) is 2.62. The number of benzene rings is 1. The number of nitrogens with one attached hydrogen (secondary N) is 1. The molecule has 0 bridgehead atoms. The van der Waals surface area contributed by atoms with E-state index in [4.69, 9.17) is 9.52 Å². The van der Waals surface area contributed by atoms with Crippen LogP contribution in [-0.2, 0) is 4.79 Å². The lowest BCUT2D eigenvalue weighted by atomic mass is 10.1. The molecule has 0 spiro atoms. The van der Waals surface area contributed by atoms with Crippen molar-refractivity contribution in [3.8, 4) is 11.6 Å². The first kappa shape index (κ1) is 11.3. The zero-order valence-electron chi connectivity index (χ0n) is 10.5. The second-order valence-electron chi connectivity index (χ2n) is 5.13. The summed E-state index contributed by atoms with van der Waals surface area (Å²) in [5.74, 6) is 0.563. The molecule has 20 heavy (non-hydrogen) atoms. The Morgan fingerprint density at radius 3 is 3.00 bits per heavy atom. The summed E-state index contributed by atoms with van der Waals surface area (Å²) in [4.78, 5) is 18.6. The molecular formula is C15H12N2O3. The number of imidazole rings is 1. The SMILES string of the molecule is O=C(O)C1CC1c1ccc2nc(-c3ccco3)[nH]c2c1. The van der Waals surface area contributed by atoms with Crippen molar-refractivity contribution in [3.05, 3.63) is 42.2 Å². The van der Waals surface area contributed by atoms with Crippen molar-refractivity contribution in [2.24, 2.45) is 5.92 Å². The van der Waals surface area contributed by atoms with Gasteiger partial charge in [-0.2, -0.15) is 0 Å². The van der Waals surface area contributed by atoms with Gasteiger partial charge in [-0.3, -0.25) is 4.79 Å². The van der Waals surface area contributed by atoms with Gasteiger partial charge in [-0.25, -0.2) is 4.98 Å². The highest BCUT2D eigenvalue weighted by atomic mass is 16.4. The molecular weight excluding hydrogens is 256 g/mol. The van der Waals surface area contributed by atoms with Crippen LogP contribution >= 0.6 is 0 Å². The Hall–Kier alpha value is -2.56. The molecule has 2 heterocycles. The van der Waals surface area contributed by atoms with E-state index in [0.29, 0.717) is 11.6 Å². The largest absolute Gasteiger partial charge is 0.481 e. The number of aromatic nitrogens is 2. The van der Waals surface area contributed by atoms with Gasteiger partial charge < -0.3 is 14.5 Å². The quantitative estimate of drug-likeness (QED) is 0.765. The molecule has 1 aromatic carbocycles. The summed E-state index contributed by atoms with van der Waals surface area (Å²) in [6, 6.07) is 9.53. The Morgan fingerprint density at radius 2 is 2.30 bits per heavy atom. The maximum absolute atomic E-state index is 10.9. The van der Waals surface area contributed by atoms with Crippen molar-refractivity contribution < 1.29 is 14.3 Å². The molecule has 2 atom stereocenters. The fraction of sp³-hybridized carbons (Fsp3) is 0.200. The summed E-state index contributed by atoms with van der Waals surface area (Å²) in [5, 5.41) is 8.99. The highest BCUT2D eigenvalue weighted by Gasteiger charge is 2.44. The molecule has 1 fully saturated rings. The summed E-state index contributed by atoms with van der Waals surface area (Å²) in [6.45, 7) is 0. The molecule has 100 valence electrons. The summed E-state index contributed by atoms with van der Waals surface area (Å²) in [7, 11) is 0. The maximum Gasteiger partial charge on any atom is 0.307 e. The Balaban J connectivity index is 1.72. The van der Waals surface area contributed by atoms with Crippen LogP contribution in [0.5, 0.6) is 0 Å². The van der Waals surface area contributed by atoms with Gasteiger partial charge in [0.1, 0.15) is 0 Å². The van der Waals surface area contributed by atoms with Gasteiger partial charge in [-0.05, 0) is 42.2 Å². The molecule has 2 N–H and O–H groups in total. The van der Waals surface area contributed by atoms with Crippen molar-refractivity contribution >= 4 is 17.0 Å². The van der Waals surface area contributed by atoms with Gasteiger partial charge >= 0.3 is 5.97 Å². The lowest BCUT2D eigenvalue weighted by molar-refractivity contribution is -0.138. The monoisotopic (exact) mass is 268 g/mol. The molecule has 1 saturated carbocycles. The predicted molar refractivity (Wildman–Crippen MR) is 72.3 cm³/mol. The minimum atomic E-state index is -0.712. The minimum absolute atomic E-state index is 0.132. The maximum atomic E-state index is 10.9.